The van der Waals surface area contributed by atoms with E-state index in [1.54, 1.807) is 29.2 Å². The molecule has 0 saturated heterocycles. The SMILES string of the molecule is NC(=O)c1ccccc1OCC(=O)N1CCc2[nH]nc(-c3ccccc3)c2CC1. The Morgan fingerprint density at radius 2 is 1.76 bits per heavy atom. The van der Waals surface area contributed by atoms with E-state index < -0.39 is 5.91 Å². The summed E-state index contributed by atoms with van der Waals surface area (Å²) in [6.07, 6.45) is 1.43. The highest BCUT2D eigenvalue weighted by Gasteiger charge is 2.23. The molecule has 0 atom stereocenters. The average Bonchev–Trinajstić information content (AvgIpc) is 3.04. The average molecular weight is 390 g/mol. The Morgan fingerprint density at radius 1 is 1.03 bits per heavy atom. The van der Waals surface area contributed by atoms with Crippen molar-refractivity contribution in [3.05, 3.63) is 71.4 Å². The Morgan fingerprint density at radius 3 is 2.55 bits per heavy atom. The molecule has 4 rings (SSSR count). The molecular formula is C22H22N4O3. The van der Waals surface area contributed by atoms with Crippen LogP contribution in [0.4, 0.5) is 0 Å². The first-order valence-electron chi connectivity index (χ1n) is 9.54. The summed E-state index contributed by atoms with van der Waals surface area (Å²) < 4.78 is 5.59. The van der Waals surface area contributed by atoms with Gasteiger partial charge in [0.05, 0.1) is 11.3 Å². The van der Waals surface area contributed by atoms with Gasteiger partial charge in [0, 0.05) is 36.3 Å². The van der Waals surface area contributed by atoms with Crippen molar-refractivity contribution in [2.45, 2.75) is 12.8 Å². The first-order valence-corrected chi connectivity index (χ1v) is 9.54. The van der Waals surface area contributed by atoms with E-state index in [0.717, 1.165) is 28.9 Å². The molecule has 0 spiro atoms. The van der Waals surface area contributed by atoms with Crippen molar-refractivity contribution < 1.29 is 14.3 Å². The molecule has 3 N–H and O–H groups in total. The van der Waals surface area contributed by atoms with Crippen LogP contribution in [-0.2, 0) is 17.6 Å². The number of aromatic nitrogens is 2. The van der Waals surface area contributed by atoms with Gasteiger partial charge in [-0.3, -0.25) is 14.7 Å². The van der Waals surface area contributed by atoms with Gasteiger partial charge in [0.15, 0.2) is 6.61 Å². The summed E-state index contributed by atoms with van der Waals surface area (Å²) in [4.78, 5) is 26.0. The molecule has 1 aromatic heterocycles. The van der Waals surface area contributed by atoms with E-state index in [4.69, 9.17) is 10.5 Å². The molecule has 7 nitrogen and oxygen atoms in total. The number of carbonyl (C=O) groups is 2. The summed E-state index contributed by atoms with van der Waals surface area (Å²) in [6.45, 7) is 1.04. The lowest BCUT2D eigenvalue weighted by Crippen LogP contribution is -2.37. The van der Waals surface area contributed by atoms with Crippen LogP contribution in [-0.4, -0.2) is 46.6 Å². The zero-order valence-corrected chi connectivity index (χ0v) is 15.9. The van der Waals surface area contributed by atoms with Crippen molar-refractivity contribution in [3.63, 3.8) is 0 Å². The van der Waals surface area contributed by atoms with Crippen molar-refractivity contribution in [1.82, 2.24) is 15.1 Å². The normalized spacial score (nSPS) is 13.4. The van der Waals surface area contributed by atoms with E-state index in [1.807, 2.05) is 30.3 Å². The summed E-state index contributed by atoms with van der Waals surface area (Å²) in [5, 5.41) is 7.62. The minimum Gasteiger partial charge on any atom is -0.483 e. The van der Waals surface area contributed by atoms with Gasteiger partial charge >= 0.3 is 0 Å². The maximum Gasteiger partial charge on any atom is 0.260 e. The molecule has 148 valence electrons. The molecule has 0 unspecified atom stereocenters. The van der Waals surface area contributed by atoms with Crippen molar-refractivity contribution in [3.8, 4) is 17.0 Å². The lowest BCUT2D eigenvalue weighted by Gasteiger charge is -2.20. The van der Waals surface area contributed by atoms with Gasteiger partial charge in [-0.1, -0.05) is 42.5 Å². The highest BCUT2D eigenvalue weighted by atomic mass is 16.5. The maximum atomic E-state index is 12.7. The molecule has 1 aliphatic rings. The number of hydrogen-bond donors (Lipinski definition) is 2. The topological polar surface area (TPSA) is 101 Å². The smallest absolute Gasteiger partial charge is 0.260 e. The molecule has 0 bridgehead atoms. The van der Waals surface area contributed by atoms with Crippen LogP contribution >= 0.6 is 0 Å². The number of ether oxygens (including phenoxy) is 1. The Labute approximate surface area is 168 Å². The molecule has 1 aliphatic heterocycles. The van der Waals surface area contributed by atoms with Gasteiger partial charge in [0.25, 0.3) is 11.8 Å². The van der Waals surface area contributed by atoms with Gasteiger partial charge in [-0.05, 0) is 18.6 Å². The standard InChI is InChI=1S/C22H22N4O3/c23-22(28)17-8-4-5-9-19(17)29-14-20(27)26-12-10-16-18(11-13-26)24-25-21(16)15-6-2-1-3-7-15/h1-9H,10-14H2,(H2,23,28)(H,24,25). The predicted octanol–water partition coefficient (Wildman–Crippen LogP) is 2.18. The largest absolute Gasteiger partial charge is 0.483 e. The second-order valence-corrected chi connectivity index (χ2v) is 6.93. The van der Waals surface area contributed by atoms with Gasteiger partial charge in [-0.2, -0.15) is 5.10 Å². The summed E-state index contributed by atoms with van der Waals surface area (Å²) in [5.41, 5.74) is 9.87. The summed E-state index contributed by atoms with van der Waals surface area (Å²) >= 11 is 0. The van der Waals surface area contributed by atoms with Crippen LogP contribution in [0.3, 0.4) is 0 Å². The molecule has 7 heteroatoms. The minimum absolute atomic E-state index is 0.122. The van der Waals surface area contributed by atoms with E-state index in [9.17, 15) is 9.59 Å². The van der Waals surface area contributed by atoms with Crippen molar-refractivity contribution in [1.29, 1.82) is 0 Å². The van der Waals surface area contributed by atoms with Crippen molar-refractivity contribution in [2.24, 2.45) is 5.73 Å². The van der Waals surface area contributed by atoms with Crippen LogP contribution in [0.5, 0.6) is 5.75 Å². The summed E-state index contributed by atoms with van der Waals surface area (Å²) in [6, 6.07) is 16.7. The van der Waals surface area contributed by atoms with Crippen LogP contribution in [0.2, 0.25) is 0 Å². The number of fused-ring (bicyclic) bond motifs is 1. The van der Waals surface area contributed by atoms with E-state index in [2.05, 4.69) is 10.2 Å². The Balaban J connectivity index is 1.42. The van der Waals surface area contributed by atoms with Crippen LogP contribution in [0.25, 0.3) is 11.3 Å². The Hall–Kier alpha value is -3.61. The lowest BCUT2D eigenvalue weighted by atomic mass is 10.0. The minimum atomic E-state index is -0.581. The third-order valence-electron chi connectivity index (χ3n) is 5.12. The summed E-state index contributed by atoms with van der Waals surface area (Å²) in [5.74, 6) is -0.380. The Kier molecular flexibility index (Phi) is 5.29. The van der Waals surface area contributed by atoms with Gasteiger partial charge in [-0.15, -0.1) is 0 Å². The fraction of sp³-hybridized carbons (Fsp3) is 0.227. The number of primary amides is 1. The molecular weight excluding hydrogens is 368 g/mol. The first kappa shape index (κ1) is 18.7. The number of amides is 2. The molecule has 29 heavy (non-hydrogen) atoms. The van der Waals surface area contributed by atoms with Crippen LogP contribution in [0.15, 0.2) is 54.6 Å². The molecule has 2 amide bonds. The van der Waals surface area contributed by atoms with Crippen LogP contribution < -0.4 is 10.5 Å². The van der Waals surface area contributed by atoms with Gasteiger partial charge in [0.1, 0.15) is 5.75 Å². The molecule has 0 fully saturated rings. The van der Waals surface area contributed by atoms with Crippen LogP contribution in [0, 0.1) is 0 Å². The number of H-pyrrole nitrogens is 1. The number of aromatic amines is 1. The second kappa shape index (κ2) is 8.18. The zero-order valence-electron chi connectivity index (χ0n) is 15.9. The third kappa shape index (κ3) is 3.99. The van der Waals surface area contributed by atoms with E-state index in [1.165, 1.54) is 0 Å². The fourth-order valence-electron chi connectivity index (χ4n) is 3.59. The molecule has 0 saturated carbocycles. The lowest BCUT2D eigenvalue weighted by molar-refractivity contribution is -0.133. The fourth-order valence-corrected chi connectivity index (χ4v) is 3.59. The second-order valence-electron chi connectivity index (χ2n) is 6.93. The van der Waals surface area contributed by atoms with Crippen molar-refractivity contribution >= 4 is 11.8 Å². The van der Waals surface area contributed by atoms with E-state index >= 15 is 0 Å². The number of carbonyl (C=O) groups excluding carboxylic acids is 2. The number of nitrogens with two attached hydrogens (primary N) is 1. The predicted molar refractivity (Wildman–Crippen MR) is 108 cm³/mol. The quantitative estimate of drug-likeness (QED) is 0.697. The monoisotopic (exact) mass is 390 g/mol. The summed E-state index contributed by atoms with van der Waals surface area (Å²) in [7, 11) is 0. The van der Waals surface area contributed by atoms with Crippen molar-refractivity contribution in [2.75, 3.05) is 19.7 Å². The van der Waals surface area contributed by atoms with E-state index in [-0.39, 0.29) is 18.1 Å². The first-order chi connectivity index (χ1) is 14.1. The number of nitrogens with zero attached hydrogens (tertiary/aromatic N) is 2. The van der Waals surface area contributed by atoms with Gasteiger partial charge in [-0.25, -0.2) is 0 Å². The van der Waals surface area contributed by atoms with Crippen LogP contribution in [0.1, 0.15) is 21.6 Å². The molecule has 3 aromatic rings. The molecule has 0 radical (unpaired) electrons. The molecule has 2 aromatic carbocycles. The molecule has 0 aliphatic carbocycles. The van der Waals surface area contributed by atoms with Gasteiger partial charge < -0.3 is 15.4 Å². The third-order valence-corrected chi connectivity index (χ3v) is 5.12. The molecule has 2 heterocycles. The number of rotatable bonds is 5. The van der Waals surface area contributed by atoms with E-state index in [0.29, 0.717) is 25.3 Å². The highest BCUT2D eigenvalue weighted by molar-refractivity contribution is 5.95. The van der Waals surface area contributed by atoms with Gasteiger partial charge in [0.2, 0.25) is 0 Å². The Bertz CT molecular complexity index is 1030. The zero-order chi connectivity index (χ0) is 20.2. The highest BCUT2D eigenvalue weighted by Crippen LogP contribution is 2.26. The number of benzene rings is 2. The number of para-hydroxylation sites is 1. The maximum absolute atomic E-state index is 12.7. The number of nitrogens with one attached hydrogen (secondary N) is 1. The number of hydrogen-bond acceptors (Lipinski definition) is 4.